The lowest BCUT2D eigenvalue weighted by molar-refractivity contribution is 0.981. The third-order valence-corrected chi connectivity index (χ3v) is 3.89. The molecular formula is C7H9NS2. The predicted octanol–water partition coefficient (Wildman–Crippen LogP) is 2.37. The third-order valence-electron chi connectivity index (χ3n) is 1.59. The molecule has 0 spiro atoms. The summed E-state index contributed by atoms with van der Waals surface area (Å²) in [5.41, 5.74) is 5.64. The molecule has 10 heavy (non-hydrogen) atoms. The second kappa shape index (κ2) is 2.17. The van der Waals surface area contributed by atoms with Gasteiger partial charge in [-0.25, -0.2) is 0 Å². The summed E-state index contributed by atoms with van der Waals surface area (Å²) < 4.78 is 0. The molecule has 2 rings (SSSR count). The average Bonchev–Trinajstić information content (AvgIpc) is 2.21. The molecule has 1 aliphatic heterocycles. The molecule has 0 saturated heterocycles. The van der Waals surface area contributed by atoms with E-state index in [2.05, 4.69) is 13.0 Å². The second-order valence-electron chi connectivity index (χ2n) is 2.57. The highest BCUT2D eigenvalue weighted by molar-refractivity contribution is 8.00. The number of thiophene rings is 1. The Bertz CT molecular complexity index is 231. The maximum Gasteiger partial charge on any atom is 0.0870 e. The first-order chi connectivity index (χ1) is 4.75. The molecule has 1 unspecified atom stereocenters. The molecule has 2 heterocycles. The van der Waals surface area contributed by atoms with Gasteiger partial charge in [0, 0.05) is 15.0 Å². The molecule has 1 nitrogen and oxygen atoms in total. The van der Waals surface area contributed by atoms with Crippen LogP contribution in [0.5, 0.6) is 0 Å². The molecule has 54 valence electrons. The topological polar surface area (TPSA) is 26.0 Å². The second-order valence-corrected chi connectivity index (χ2v) is 5.22. The van der Waals surface area contributed by atoms with Crippen LogP contribution in [0.2, 0.25) is 0 Å². The lowest BCUT2D eigenvalue weighted by Gasteiger charge is -1.95. The predicted molar refractivity (Wildman–Crippen MR) is 47.8 cm³/mol. The van der Waals surface area contributed by atoms with Crippen molar-refractivity contribution in [1.29, 1.82) is 0 Å². The summed E-state index contributed by atoms with van der Waals surface area (Å²) >= 11 is 3.68. The lowest BCUT2D eigenvalue weighted by atomic mass is 10.3. The van der Waals surface area contributed by atoms with E-state index in [1.165, 1.54) is 16.2 Å². The summed E-state index contributed by atoms with van der Waals surface area (Å²) in [5, 5.41) is 1.73. The van der Waals surface area contributed by atoms with Gasteiger partial charge in [0.05, 0.1) is 5.00 Å². The van der Waals surface area contributed by atoms with Gasteiger partial charge in [0.15, 0.2) is 0 Å². The minimum absolute atomic E-state index is 0.766. The summed E-state index contributed by atoms with van der Waals surface area (Å²) in [4.78, 5) is 2.89. The number of rotatable bonds is 0. The number of nitrogens with two attached hydrogens (primary N) is 1. The Morgan fingerprint density at radius 2 is 2.50 bits per heavy atom. The van der Waals surface area contributed by atoms with Crippen molar-refractivity contribution >= 4 is 28.1 Å². The number of fused-ring (bicyclic) bond motifs is 1. The summed E-state index contributed by atoms with van der Waals surface area (Å²) in [6.07, 6.45) is 1.21. The minimum atomic E-state index is 0.766. The van der Waals surface area contributed by atoms with Crippen LogP contribution in [-0.2, 0) is 6.42 Å². The lowest BCUT2D eigenvalue weighted by Crippen LogP contribution is -1.90. The Balaban J connectivity index is 2.39. The first-order valence-corrected chi connectivity index (χ1v) is 5.00. The van der Waals surface area contributed by atoms with E-state index >= 15 is 0 Å². The zero-order chi connectivity index (χ0) is 7.14. The van der Waals surface area contributed by atoms with Gasteiger partial charge in [0.2, 0.25) is 0 Å². The van der Waals surface area contributed by atoms with Crippen molar-refractivity contribution < 1.29 is 0 Å². The first kappa shape index (κ1) is 6.55. The quantitative estimate of drug-likeness (QED) is 0.648. The molecule has 0 saturated carbocycles. The van der Waals surface area contributed by atoms with Gasteiger partial charge in [0.25, 0.3) is 0 Å². The van der Waals surface area contributed by atoms with Crippen LogP contribution in [0.4, 0.5) is 5.00 Å². The Hall–Kier alpha value is -0.150. The SMILES string of the molecule is CC1Cc2sc(N)cc2S1. The van der Waals surface area contributed by atoms with Crippen LogP contribution in [0.3, 0.4) is 0 Å². The Morgan fingerprint density at radius 3 is 3.20 bits per heavy atom. The number of thioether (sulfide) groups is 1. The monoisotopic (exact) mass is 171 g/mol. The fourth-order valence-electron chi connectivity index (χ4n) is 1.19. The van der Waals surface area contributed by atoms with Crippen LogP contribution in [-0.4, -0.2) is 5.25 Å². The van der Waals surface area contributed by atoms with Gasteiger partial charge < -0.3 is 5.73 Å². The van der Waals surface area contributed by atoms with Crippen LogP contribution >= 0.6 is 23.1 Å². The van der Waals surface area contributed by atoms with Crippen molar-refractivity contribution in [3.05, 3.63) is 10.9 Å². The number of nitrogen functional groups attached to an aromatic ring is 1. The van der Waals surface area contributed by atoms with E-state index < -0.39 is 0 Å². The zero-order valence-electron chi connectivity index (χ0n) is 5.76. The Morgan fingerprint density at radius 1 is 1.70 bits per heavy atom. The largest absolute Gasteiger partial charge is 0.391 e. The molecule has 1 aliphatic rings. The standard InChI is InChI=1S/C7H9NS2/c1-4-2-5-6(9-4)3-7(8)10-5/h3-4H,2,8H2,1H3. The van der Waals surface area contributed by atoms with Crippen molar-refractivity contribution in [2.45, 2.75) is 23.5 Å². The highest BCUT2D eigenvalue weighted by Gasteiger charge is 2.20. The highest BCUT2D eigenvalue weighted by Crippen LogP contribution is 2.42. The number of hydrogen-bond acceptors (Lipinski definition) is 3. The molecule has 0 aliphatic carbocycles. The molecular weight excluding hydrogens is 162 g/mol. The van der Waals surface area contributed by atoms with E-state index in [-0.39, 0.29) is 0 Å². The summed E-state index contributed by atoms with van der Waals surface area (Å²) in [5.74, 6) is 0. The van der Waals surface area contributed by atoms with Crippen molar-refractivity contribution in [1.82, 2.24) is 0 Å². The normalized spacial score (nSPS) is 23.1. The van der Waals surface area contributed by atoms with Gasteiger partial charge in [-0.1, -0.05) is 6.92 Å². The smallest absolute Gasteiger partial charge is 0.0870 e. The van der Waals surface area contributed by atoms with Crippen molar-refractivity contribution in [3.8, 4) is 0 Å². The third kappa shape index (κ3) is 0.935. The van der Waals surface area contributed by atoms with Crippen LogP contribution in [0.1, 0.15) is 11.8 Å². The molecule has 0 bridgehead atoms. The summed E-state index contributed by atoms with van der Waals surface area (Å²) in [6, 6.07) is 2.09. The molecule has 0 fully saturated rings. The molecule has 2 N–H and O–H groups in total. The zero-order valence-corrected chi connectivity index (χ0v) is 7.39. The minimum Gasteiger partial charge on any atom is -0.391 e. The van der Waals surface area contributed by atoms with Gasteiger partial charge in [-0.05, 0) is 12.5 Å². The van der Waals surface area contributed by atoms with Crippen LogP contribution in [0.25, 0.3) is 0 Å². The van der Waals surface area contributed by atoms with Crippen molar-refractivity contribution in [2.75, 3.05) is 5.73 Å². The highest BCUT2D eigenvalue weighted by atomic mass is 32.2. The molecule has 1 aromatic heterocycles. The van der Waals surface area contributed by atoms with E-state index in [9.17, 15) is 0 Å². The summed E-state index contributed by atoms with van der Waals surface area (Å²) in [7, 11) is 0. The molecule has 1 aromatic rings. The van der Waals surface area contributed by atoms with Gasteiger partial charge in [-0.3, -0.25) is 0 Å². The number of anilines is 1. The molecule has 1 atom stereocenters. The van der Waals surface area contributed by atoms with E-state index in [0.717, 1.165) is 10.3 Å². The van der Waals surface area contributed by atoms with E-state index in [0.29, 0.717) is 0 Å². The Labute approximate surface area is 68.6 Å². The van der Waals surface area contributed by atoms with E-state index in [1.807, 2.05) is 11.8 Å². The van der Waals surface area contributed by atoms with E-state index in [4.69, 9.17) is 5.73 Å². The fraction of sp³-hybridized carbons (Fsp3) is 0.429. The van der Waals surface area contributed by atoms with Gasteiger partial charge >= 0.3 is 0 Å². The first-order valence-electron chi connectivity index (χ1n) is 3.30. The Kier molecular flexibility index (Phi) is 1.42. The molecule has 0 amide bonds. The van der Waals surface area contributed by atoms with Crippen molar-refractivity contribution in [3.63, 3.8) is 0 Å². The van der Waals surface area contributed by atoms with Gasteiger partial charge in [-0.2, -0.15) is 0 Å². The van der Waals surface area contributed by atoms with Crippen LogP contribution < -0.4 is 5.73 Å². The molecule has 3 heteroatoms. The molecule has 0 radical (unpaired) electrons. The average molecular weight is 171 g/mol. The van der Waals surface area contributed by atoms with Crippen molar-refractivity contribution in [2.24, 2.45) is 0 Å². The van der Waals surface area contributed by atoms with Gasteiger partial charge in [-0.15, -0.1) is 23.1 Å². The van der Waals surface area contributed by atoms with Crippen LogP contribution in [0.15, 0.2) is 11.0 Å². The van der Waals surface area contributed by atoms with E-state index in [1.54, 1.807) is 11.3 Å². The molecule has 0 aromatic carbocycles. The van der Waals surface area contributed by atoms with Crippen LogP contribution in [0, 0.1) is 0 Å². The maximum atomic E-state index is 5.64. The maximum absolute atomic E-state index is 5.64. The summed E-state index contributed by atoms with van der Waals surface area (Å²) in [6.45, 7) is 2.26. The van der Waals surface area contributed by atoms with Gasteiger partial charge in [0.1, 0.15) is 0 Å². The fourth-order valence-corrected chi connectivity index (χ4v) is 3.69. The number of hydrogen-bond donors (Lipinski definition) is 1.